The Balaban J connectivity index is 1.92. The summed E-state index contributed by atoms with van der Waals surface area (Å²) in [6, 6.07) is 0. The van der Waals surface area contributed by atoms with Crippen molar-refractivity contribution in [2.24, 2.45) is 5.41 Å². The molecule has 0 saturated heterocycles. The molecule has 0 aromatic rings. The number of nitrogens with one attached hydrogen (secondary N) is 1. The van der Waals surface area contributed by atoms with Crippen LogP contribution in [0.3, 0.4) is 0 Å². The minimum absolute atomic E-state index is 0.658. The van der Waals surface area contributed by atoms with Gasteiger partial charge in [-0.25, -0.2) is 0 Å². The molecule has 1 aliphatic rings. The highest BCUT2D eigenvalue weighted by atomic mass is 16.5. The second kappa shape index (κ2) is 6.41. The Hall–Kier alpha value is -0.0800. The summed E-state index contributed by atoms with van der Waals surface area (Å²) in [6.07, 6.45) is 6.79. The number of ether oxygens (including phenoxy) is 1. The first-order chi connectivity index (χ1) is 6.83. The largest absolute Gasteiger partial charge is 0.382 e. The fraction of sp³-hybridized carbons (Fsp3) is 1.00. The molecule has 0 aromatic heterocycles. The van der Waals surface area contributed by atoms with Crippen LogP contribution in [0.15, 0.2) is 0 Å². The summed E-state index contributed by atoms with van der Waals surface area (Å²) in [5.74, 6) is 0. The summed E-state index contributed by atoms with van der Waals surface area (Å²) in [5, 5.41) is 3.56. The zero-order chi connectivity index (χ0) is 10.3. The molecule has 0 unspecified atom stereocenters. The molecule has 0 radical (unpaired) electrons. The van der Waals surface area contributed by atoms with Crippen LogP contribution in [-0.4, -0.2) is 26.3 Å². The Kier molecular flexibility index (Phi) is 5.49. The molecule has 1 rings (SSSR count). The molecular weight excluding hydrogens is 174 g/mol. The van der Waals surface area contributed by atoms with Gasteiger partial charge in [-0.1, -0.05) is 13.3 Å². The lowest BCUT2D eigenvalue weighted by Crippen LogP contribution is -2.39. The number of hydrogen-bond donors (Lipinski definition) is 1. The first-order valence-electron chi connectivity index (χ1n) is 6.11. The van der Waals surface area contributed by atoms with Gasteiger partial charge < -0.3 is 10.1 Å². The average molecular weight is 199 g/mol. The zero-order valence-electron chi connectivity index (χ0n) is 9.77. The van der Waals surface area contributed by atoms with E-state index >= 15 is 0 Å². The second-order valence-corrected chi connectivity index (χ2v) is 4.43. The molecule has 2 heteroatoms. The highest BCUT2D eigenvalue weighted by molar-refractivity contribution is 4.88. The maximum absolute atomic E-state index is 5.29. The highest BCUT2D eigenvalue weighted by Gasteiger charge is 2.34. The lowest BCUT2D eigenvalue weighted by molar-refractivity contribution is 0.118. The molecule has 1 N–H and O–H groups in total. The molecule has 0 heterocycles. The molecule has 1 saturated carbocycles. The first kappa shape index (κ1) is 12.0. The minimum atomic E-state index is 0.658. The van der Waals surface area contributed by atoms with Crippen LogP contribution in [0.1, 0.15) is 46.0 Å². The summed E-state index contributed by atoms with van der Waals surface area (Å²) in [5.41, 5.74) is 0.658. The fourth-order valence-electron chi connectivity index (χ4n) is 2.13. The molecule has 0 aliphatic heterocycles. The van der Waals surface area contributed by atoms with Crippen molar-refractivity contribution in [3.63, 3.8) is 0 Å². The molecule has 0 atom stereocenters. The van der Waals surface area contributed by atoms with Gasteiger partial charge in [0.1, 0.15) is 0 Å². The third-order valence-corrected chi connectivity index (χ3v) is 3.51. The summed E-state index contributed by atoms with van der Waals surface area (Å²) in [7, 11) is 0. The lowest BCUT2D eigenvalue weighted by atomic mass is 9.67. The average Bonchev–Trinajstić information content (AvgIpc) is 2.15. The van der Waals surface area contributed by atoms with Crippen LogP contribution in [0.2, 0.25) is 0 Å². The lowest BCUT2D eigenvalue weighted by Gasteiger charge is -2.41. The maximum atomic E-state index is 5.29. The van der Waals surface area contributed by atoms with Gasteiger partial charge in [-0.15, -0.1) is 0 Å². The van der Waals surface area contributed by atoms with Gasteiger partial charge in [0.15, 0.2) is 0 Å². The molecule has 1 aliphatic carbocycles. The van der Waals surface area contributed by atoms with Crippen LogP contribution in [-0.2, 0) is 4.74 Å². The molecule has 2 nitrogen and oxygen atoms in total. The molecule has 14 heavy (non-hydrogen) atoms. The molecule has 0 spiro atoms. The topological polar surface area (TPSA) is 21.3 Å². The van der Waals surface area contributed by atoms with Crippen molar-refractivity contribution >= 4 is 0 Å². The fourth-order valence-corrected chi connectivity index (χ4v) is 2.13. The van der Waals surface area contributed by atoms with Gasteiger partial charge in [0.2, 0.25) is 0 Å². The van der Waals surface area contributed by atoms with Gasteiger partial charge in [-0.2, -0.15) is 0 Å². The Morgan fingerprint density at radius 2 is 2.07 bits per heavy atom. The van der Waals surface area contributed by atoms with E-state index in [2.05, 4.69) is 12.2 Å². The third-order valence-electron chi connectivity index (χ3n) is 3.51. The Bertz CT molecular complexity index is 138. The minimum Gasteiger partial charge on any atom is -0.382 e. The third kappa shape index (κ3) is 3.58. The molecule has 0 aromatic carbocycles. The van der Waals surface area contributed by atoms with Crippen LogP contribution in [0.4, 0.5) is 0 Å². The molecular formula is C12H25NO. The van der Waals surface area contributed by atoms with E-state index in [0.717, 1.165) is 26.2 Å². The van der Waals surface area contributed by atoms with Gasteiger partial charge in [0, 0.05) is 19.8 Å². The van der Waals surface area contributed by atoms with E-state index in [1.807, 2.05) is 6.92 Å². The molecule has 0 amide bonds. The summed E-state index contributed by atoms with van der Waals surface area (Å²) in [4.78, 5) is 0. The quantitative estimate of drug-likeness (QED) is 0.607. The number of hydrogen-bond acceptors (Lipinski definition) is 2. The highest BCUT2D eigenvalue weighted by Crippen LogP contribution is 2.42. The van der Waals surface area contributed by atoms with Crippen molar-refractivity contribution in [1.82, 2.24) is 5.32 Å². The van der Waals surface area contributed by atoms with Gasteiger partial charge in [-0.05, 0) is 44.6 Å². The van der Waals surface area contributed by atoms with Crippen LogP contribution >= 0.6 is 0 Å². The molecule has 0 bridgehead atoms. The van der Waals surface area contributed by atoms with E-state index in [9.17, 15) is 0 Å². The van der Waals surface area contributed by atoms with E-state index in [4.69, 9.17) is 4.74 Å². The Labute approximate surface area is 88.4 Å². The van der Waals surface area contributed by atoms with E-state index < -0.39 is 0 Å². The Morgan fingerprint density at radius 1 is 1.29 bits per heavy atom. The second-order valence-electron chi connectivity index (χ2n) is 4.43. The predicted molar refractivity (Wildman–Crippen MR) is 60.6 cm³/mol. The number of rotatable bonds is 8. The van der Waals surface area contributed by atoms with Gasteiger partial charge in [-0.3, -0.25) is 0 Å². The predicted octanol–water partition coefficient (Wildman–Crippen LogP) is 2.58. The monoisotopic (exact) mass is 199 g/mol. The molecule has 84 valence electrons. The van der Waals surface area contributed by atoms with Crippen LogP contribution in [0, 0.1) is 5.41 Å². The van der Waals surface area contributed by atoms with Crippen molar-refractivity contribution in [1.29, 1.82) is 0 Å². The molecule has 1 fully saturated rings. The van der Waals surface area contributed by atoms with Gasteiger partial charge in [0.05, 0.1) is 0 Å². The maximum Gasteiger partial charge on any atom is 0.0477 e. The SMILES string of the molecule is CCOCCCNCC1(CC)CCC1. The van der Waals surface area contributed by atoms with Gasteiger partial charge >= 0.3 is 0 Å². The van der Waals surface area contributed by atoms with Crippen molar-refractivity contribution < 1.29 is 4.74 Å². The zero-order valence-corrected chi connectivity index (χ0v) is 9.77. The van der Waals surface area contributed by atoms with E-state index in [0.29, 0.717) is 5.41 Å². The standard InChI is InChI=1S/C12H25NO/c1-3-12(7-5-8-12)11-13-9-6-10-14-4-2/h13H,3-11H2,1-2H3. The van der Waals surface area contributed by atoms with Crippen LogP contribution in [0.25, 0.3) is 0 Å². The summed E-state index contributed by atoms with van der Waals surface area (Å²) in [6.45, 7) is 8.45. The van der Waals surface area contributed by atoms with Crippen LogP contribution in [0.5, 0.6) is 0 Å². The summed E-state index contributed by atoms with van der Waals surface area (Å²) < 4.78 is 5.29. The van der Waals surface area contributed by atoms with Gasteiger partial charge in [0.25, 0.3) is 0 Å². The van der Waals surface area contributed by atoms with Crippen molar-refractivity contribution in [2.75, 3.05) is 26.3 Å². The van der Waals surface area contributed by atoms with E-state index in [1.54, 1.807) is 0 Å². The first-order valence-corrected chi connectivity index (χ1v) is 6.11. The van der Waals surface area contributed by atoms with Crippen molar-refractivity contribution in [2.45, 2.75) is 46.0 Å². The van der Waals surface area contributed by atoms with E-state index in [-0.39, 0.29) is 0 Å². The van der Waals surface area contributed by atoms with Crippen molar-refractivity contribution in [3.8, 4) is 0 Å². The Morgan fingerprint density at radius 3 is 2.57 bits per heavy atom. The smallest absolute Gasteiger partial charge is 0.0477 e. The normalized spacial score (nSPS) is 19.3. The van der Waals surface area contributed by atoms with Crippen LogP contribution < -0.4 is 5.32 Å². The van der Waals surface area contributed by atoms with Crippen molar-refractivity contribution in [3.05, 3.63) is 0 Å². The van der Waals surface area contributed by atoms with E-state index in [1.165, 1.54) is 32.2 Å². The summed E-state index contributed by atoms with van der Waals surface area (Å²) >= 11 is 0.